The summed E-state index contributed by atoms with van der Waals surface area (Å²) in [5, 5.41) is 43.0. The average Bonchev–Trinajstić information content (AvgIpc) is 1.97. The van der Waals surface area contributed by atoms with Gasteiger partial charge >= 0.3 is 0 Å². The summed E-state index contributed by atoms with van der Waals surface area (Å²) >= 11 is 0. The molecule has 0 spiro atoms. The number of morpholine rings is 3. The molecule has 0 aliphatic carbocycles. The van der Waals surface area contributed by atoms with E-state index in [1.54, 1.807) is 55.0 Å². The number of hydrogen-bond donors (Lipinski definition) is 6. The molecule has 6 heterocycles. The van der Waals surface area contributed by atoms with E-state index in [-0.39, 0.29) is 37.4 Å². The quantitative estimate of drug-likeness (QED) is 0.0437. The molecule has 0 saturated carbocycles. The van der Waals surface area contributed by atoms with Crippen LogP contribution in [0.3, 0.4) is 0 Å². The highest BCUT2D eigenvalue weighted by Gasteiger charge is 2.16. The zero-order valence-electron chi connectivity index (χ0n) is 50.7. The van der Waals surface area contributed by atoms with Crippen molar-refractivity contribution < 1.29 is 28.6 Å². The topological polar surface area (TPSA) is 310 Å². The number of ether oxygens (including phenoxy) is 3. The summed E-state index contributed by atoms with van der Waals surface area (Å²) in [7, 11) is 0. The van der Waals surface area contributed by atoms with E-state index in [4.69, 9.17) is 30.0 Å². The Hall–Kier alpha value is -11.9. The van der Waals surface area contributed by atoms with Crippen molar-refractivity contribution in [2.24, 2.45) is 0 Å². The Morgan fingerprint density at radius 3 is 0.839 bits per heavy atom. The maximum Gasteiger partial charge on any atom is 0.252 e. The minimum Gasteiger partial charge on any atom is -0.378 e. The van der Waals surface area contributed by atoms with Crippen LogP contribution in [-0.4, -0.2) is 146 Å². The van der Waals surface area contributed by atoms with Crippen molar-refractivity contribution in [2.75, 3.05) is 129 Å². The average molecular weight is 1240 g/mol. The second-order valence-corrected chi connectivity index (χ2v) is 20.9. The molecule has 93 heavy (non-hydrogen) atoms. The van der Waals surface area contributed by atoms with Crippen molar-refractivity contribution in [1.82, 2.24) is 45.9 Å². The lowest BCUT2D eigenvalue weighted by atomic mass is 10.1. The third kappa shape index (κ3) is 18.6. The molecular formula is C69H66N18O6. The molecule has 0 atom stereocenters. The Morgan fingerprint density at radius 2 is 0.602 bits per heavy atom. The van der Waals surface area contributed by atoms with Gasteiger partial charge in [0.05, 0.1) is 74.9 Å². The second kappa shape index (κ2) is 33.1. The number of nitriles is 3. The first kappa shape index (κ1) is 64.1. The summed E-state index contributed by atoms with van der Waals surface area (Å²) in [5.74, 6) is 0.642. The number of nitrogens with zero attached hydrogens (tertiary/aromatic N) is 12. The molecule has 12 rings (SSSR count). The van der Waals surface area contributed by atoms with Gasteiger partial charge in [0.1, 0.15) is 19.6 Å². The number of hydrogen-bond acceptors (Lipinski definition) is 21. The van der Waals surface area contributed by atoms with Gasteiger partial charge in [0, 0.05) is 125 Å². The molecule has 6 N–H and O–H groups in total. The molecule has 6 aromatic carbocycles. The lowest BCUT2D eigenvalue weighted by molar-refractivity contribution is 0.0950. The minimum atomic E-state index is -0.279. The first-order valence-corrected chi connectivity index (χ1v) is 30.0. The highest BCUT2D eigenvalue weighted by Crippen LogP contribution is 2.27. The summed E-state index contributed by atoms with van der Waals surface area (Å²) in [6.07, 6.45) is 5.08. The highest BCUT2D eigenvalue weighted by molar-refractivity contribution is 5.96. The first-order chi connectivity index (χ1) is 45.7. The number of anilines is 9. The summed E-state index contributed by atoms with van der Waals surface area (Å²) in [5.41, 5.74) is 12.5. The van der Waals surface area contributed by atoms with Crippen molar-refractivity contribution in [3.63, 3.8) is 0 Å². The molecule has 3 aromatic heterocycles. The zero-order chi connectivity index (χ0) is 64.4. The molecule has 3 fully saturated rings. The molecular weight excluding hydrogens is 1180 g/mol. The Balaban J connectivity index is 0.000000153. The smallest absolute Gasteiger partial charge is 0.252 e. The van der Waals surface area contributed by atoms with Crippen LogP contribution in [0.1, 0.15) is 31.1 Å². The van der Waals surface area contributed by atoms with Gasteiger partial charge < -0.3 is 60.8 Å². The summed E-state index contributed by atoms with van der Waals surface area (Å²) in [4.78, 5) is 69.4. The molecule has 24 heteroatoms. The van der Waals surface area contributed by atoms with Crippen LogP contribution < -0.4 is 46.6 Å². The predicted molar refractivity (Wildman–Crippen MR) is 355 cm³/mol. The first-order valence-electron chi connectivity index (χ1n) is 30.0. The lowest BCUT2D eigenvalue weighted by Gasteiger charge is -2.28. The van der Waals surface area contributed by atoms with Crippen LogP contribution in [-0.2, 0) is 14.2 Å². The van der Waals surface area contributed by atoms with Crippen molar-refractivity contribution in [1.29, 1.82) is 15.8 Å². The lowest BCUT2D eigenvalue weighted by Crippen LogP contribution is -2.36. The Labute approximate surface area is 537 Å². The van der Waals surface area contributed by atoms with E-state index in [0.29, 0.717) is 34.5 Å². The number of benzene rings is 6. The number of carbonyl (C=O) groups is 3. The molecule has 3 aliphatic rings. The van der Waals surface area contributed by atoms with Crippen molar-refractivity contribution in [2.45, 2.75) is 0 Å². The molecule has 9 aromatic rings. The molecule has 3 saturated heterocycles. The zero-order valence-corrected chi connectivity index (χ0v) is 50.7. The van der Waals surface area contributed by atoms with Crippen LogP contribution in [0.15, 0.2) is 182 Å². The summed E-state index contributed by atoms with van der Waals surface area (Å²) < 4.78 is 16.2. The van der Waals surface area contributed by atoms with E-state index in [0.717, 1.165) is 130 Å². The highest BCUT2D eigenvalue weighted by atomic mass is 16.5. The van der Waals surface area contributed by atoms with Crippen LogP contribution in [0.4, 0.5) is 52.0 Å². The van der Waals surface area contributed by atoms with E-state index in [1.165, 1.54) is 17.1 Å². The van der Waals surface area contributed by atoms with Crippen molar-refractivity contribution in [3.8, 4) is 52.0 Å². The van der Waals surface area contributed by atoms with Crippen LogP contribution in [0, 0.1) is 34.0 Å². The van der Waals surface area contributed by atoms with Crippen LogP contribution in [0.25, 0.3) is 33.8 Å². The van der Waals surface area contributed by atoms with Crippen molar-refractivity contribution in [3.05, 3.63) is 199 Å². The standard InChI is InChI=1S/3C23H22N6O2/c3*24-10-12-25-22(30)18-3-1-17(2-4-18)21-9-11-26-23(28-21)27-19-5-7-20(8-6-19)29-13-15-31-16-14-29/h3*1-9,11H,12-16H2,(H,25,30)(H,26,27,28). The predicted octanol–water partition coefficient (Wildman–Crippen LogP) is 8.93. The fourth-order valence-electron chi connectivity index (χ4n) is 9.90. The van der Waals surface area contributed by atoms with Crippen LogP contribution in [0.2, 0.25) is 0 Å². The fourth-order valence-corrected chi connectivity index (χ4v) is 9.90. The molecule has 24 nitrogen and oxygen atoms in total. The number of nitrogens with one attached hydrogen (secondary N) is 6. The largest absolute Gasteiger partial charge is 0.378 e. The van der Waals surface area contributed by atoms with E-state index < -0.39 is 0 Å². The van der Waals surface area contributed by atoms with E-state index in [9.17, 15) is 14.4 Å². The maximum atomic E-state index is 11.9. The monoisotopic (exact) mass is 1240 g/mol. The van der Waals surface area contributed by atoms with E-state index in [1.807, 2.05) is 109 Å². The number of amides is 3. The SMILES string of the molecule is N#CCNC(=O)c1ccc(-c2ccnc(Nc3ccc(N4CCOCC4)cc3)n2)cc1.N#CCNC(=O)c1ccc(-c2ccnc(Nc3ccc(N4CCOCC4)cc3)n2)cc1.N#CCNC(=O)c1ccc(-c2ccnc(Nc3ccc(N4CCOCC4)cc3)n2)cc1. The van der Waals surface area contributed by atoms with Crippen LogP contribution >= 0.6 is 0 Å². The fraction of sp³-hybridized carbons (Fsp3) is 0.217. The number of rotatable bonds is 18. The van der Waals surface area contributed by atoms with Gasteiger partial charge in [-0.15, -0.1) is 0 Å². The van der Waals surface area contributed by atoms with Gasteiger partial charge in [-0.05, 0) is 127 Å². The Kier molecular flexibility index (Phi) is 22.8. The number of aromatic nitrogens is 6. The van der Waals surface area contributed by atoms with Gasteiger partial charge in [-0.25, -0.2) is 29.9 Å². The third-order valence-electron chi connectivity index (χ3n) is 14.8. The molecule has 3 aliphatic heterocycles. The normalized spacial score (nSPS) is 13.3. The minimum absolute atomic E-state index is 0.0189. The second-order valence-electron chi connectivity index (χ2n) is 20.9. The Morgan fingerprint density at radius 1 is 0.355 bits per heavy atom. The van der Waals surface area contributed by atoms with Gasteiger partial charge in [0.15, 0.2) is 0 Å². The third-order valence-corrected chi connectivity index (χ3v) is 14.8. The summed E-state index contributed by atoms with van der Waals surface area (Å²) in [6, 6.07) is 56.8. The maximum absolute atomic E-state index is 11.9. The number of carbonyl (C=O) groups excluding carboxylic acids is 3. The Bertz CT molecular complexity index is 3630. The van der Waals surface area contributed by atoms with Gasteiger partial charge in [0.2, 0.25) is 17.8 Å². The van der Waals surface area contributed by atoms with Crippen molar-refractivity contribution >= 4 is 69.7 Å². The van der Waals surface area contributed by atoms with Gasteiger partial charge in [-0.1, -0.05) is 36.4 Å². The summed E-state index contributed by atoms with van der Waals surface area (Å²) in [6.45, 7) is 9.88. The molecule has 0 bridgehead atoms. The molecule has 3 amide bonds. The molecule has 468 valence electrons. The van der Waals surface area contributed by atoms with Crippen LogP contribution in [0.5, 0.6) is 0 Å². The molecule has 0 unspecified atom stereocenters. The van der Waals surface area contributed by atoms with E-state index >= 15 is 0 Å². The van der Waals surface area contributed by atoms with E-state index in [2.05, 4.69) is 113 Å². The van der Waals surface area contributed by atoms with Gasteiger partial charge in [-0.3, -0.25) is 14.4 Å². The molecule has 0 radical (unpaired) electrons. The van der Waals surface area contributed by atoms with Gasteiger partial charge in [-0.2, -0.15) is 15.8 Å². The van der Waals surface area contributed by atoms with Gasteiger partial charge in [0.25, 0.3) is 17.7 Å².